The Balaban J connectivity index is 2.07. The van der Waals surface area contributed by atoms with E-state index >= 15 is 0 Å². The lowest BCUT2D eigenvalue weighted by molar-refractivity contribution is -0.149. The monoisotopic (exact) mass is 282 g/mol. The number of nitrogens with two attached hydrogens (primary N) is 1. The van der Waals surface area contributed by atoms with Gasteiger partial charge in [-0.3, -0.25) is 4.79 Å². The zero-order chi connectivity index (χ0) is 14.6. The van der Waals surface area contributed by atoms with Gasteiger partial charge in [0, 0.05) is 6.04 Å². The molecule has 114 valence electrons. The van der Waals surface area contributed by atoms with Crippen molar-refractivity contribution < 1.29 is 14.7 Å². The average Bonchev–Trinajstić information content (AvgIpc) is 2.65. The van der Waals surface area contributed by atoms with Crippen molar-refractivity contribution in [1.82, 2.24) is 5.32 Å². The highest BCUT2D eigenvalue weighted by Crippen LogP contribution is 2.29. The summed E-state index contributed by atoms with van der Waals surface area (Å²) in [6.07, 6.45) is 8.61. The van der Waals surface area contributed by atoms with Crippen molar-refractivity contribution in [2.45, 2.75) is 75.8 Å². The lowest BCUT2D eigenvalue weighted by Gasteiger charge is -2.34. The molecule has 2 atom stereocenters. The first kappa shape index (κ1) is 15.3. The molecule has 5 nitrogen and oxygen atoms in total. The van der Waals surface area contributed by atoms with Crippen LogP contribution >= 0.6 is 0 Å². The van der Waals surface area contributed by atoms with Crippen LogP contribution in [0.25, 0.3) is 0 Å². The fourth-order valence-electron chi connectivity index (χ4n) is 3.54. The van der Waals surface area contributed by atoms with Crippen LogP contribution in [-0.2, 0) is 9.59 Å². The minimum Gasteiger partial charge on any atom is -0.480 e. The quantitative estimate of drug-likeness (QED) is 0.688. The van der Waals surface area contributed by atoms with Crippen LogP contribution in [-0.4, -0.2) is 28.6 Å². The summed E-state index contributed by atoms with van der Waals surface area (Å²) in [7, 11) is 0. The molecule has 2 unspecified atom stereocenters. The molecule has 0 aliphatic heterocycles. The highest BCUT2D eigenvalue weighted by atomic mass is 16.4. The van der Waals surface area contributed by atoms with Gasteiger partial charge in [-0.15, -0.1) is 0 Å². The zero-order valence-electron chi connectivity index (χ0n) is 12.1. The van der Waals surface area contributed by atoms with E-state index in [1.165, 1.54) is 0 Å². The average molecular weight is 282 g/mol. The number of rotatable bonds is 3. The van der Waals surface area contributed by atoms with Gasteiger partial charge in [0.1, 0.15) is 5.54 Å². The SMILES string of the molecule is NC1CCCCC1C(=O)NC1(C(=O)O)CCCCCC1. The number of carboxylic acid groups (broad SMARTS) is 1. The van der Waals surface area contributed by atoms with Gasteiger partial charge in [-0.25, -0.2) is 4.79 Å². The lowest BCUT2D eigenvalue weighted by Crippen LogP contribution is -2.57. The van der Waals surface area contributed by atoms with Crippen molar-refractivity contribution in [1.29, 1.82) is 0 Å². The van der Waals surface area contributed by atoms with E-state index in [1.807, 2.05) is 0 Å². The van der Waals surface area contributed by atoms with Gasteiger partial charge in [0.05, 0.1) is 5.92 Å². The van der Waals surface area contributed by atoms with E-state index in [0.717, 1.165) is 51.4 Å². The molecule has 0 radical (unpaired) electrons. The van der Waals surface area contributed by atoms with Crippen LogP contribution in [0.4, 0.5) is 0 Å². The highest BCUT2D eigenvalue weighted by Gasteiger charge is 2.42. The molecule has 0 spiro atoms. The number of carboxylic acids is 1. The number of hydrogen-bond acceptors (Lipinski definition) is 3. The molecule has 0 bridgehead atoms. The minimum absolute atomic E-state index is 0.125. The summed E-state index contributed by atoms with van der Waals surface area (Å²) in [5.41, 5.74) is 4.96. The normalized spacial score (nSPS) is 30.2. The zero-order valence-corrected chi connectivity index (χ0v) is 12.1. The Morgan fingerprint density at radius 2 is 1.60 bits per heavy atom. The van der Waals surface area contributed by atoms with Crippen LogP contribution < -0.4 is 11.1 Å². The van der Waals surface area contributed by atoms with Gasteiger partial charge < -0.3 is 16.2 Å². The van der Waals surface area contributed by atoms with Gasteiger partial charge in [0.25, 0.3) is 0 Å². The van der Waals surface area contributed by atoms with E-state index in [2.05, 4.69) is 5.32 Å². The van der Waals surface area contributed by atoms with Crippen molar-refractivity contribution in [3.63, 3.8) is 0 Å². The fourth-order valence-corrected chi connectivity index (χ4v) is 3.54. The van der Waals surface area contributed by atoms with Crippen LogP contribution in [0.2, 0.25) is 0 Å². The third kappa shape index (κ3) is 3.32. The Labute approximate surface area is 120 Å². The molecular weight excluding hydrogens is 256 g/mol. The molecule has 0 aromatic rings. The maximum absolute atomic E-state index is 12.4. The Bertz CT molecular complexity index is 362. The van der Waals surface area contributed by atoms with Crippen LogP contribution in [0.3, 0.4) is 0 Å². The van der Waals surface area contributed by atoms with Crippen LogP contribution in [0.15, 0.2) is 0 Å². The van der Waals surface area contributed by atoms with E-state index in [4.69, 9.17) is 5.73 Å². The third-order valence-corrected chi connectivity index (χ3v) is 4.89. The highest BCUT2D eigenvalue weighted by molar-refractivity contribution is 5.88. The molecule has 2 rings (SSSR count). The lowest BCUT2D eigenvalue weighted by atomic mass is 9.82. The van der Waals surface area contributed by atoms with E-state index in [9.17, 15) is 14.7 Å². The second-order valence-electron chi connectivity index (χ2n) is 6.35. The van der Waals surface area contributed by atoms with Gasteiger partial charge in [-0.05, 0) is 25.7 Å². The van der Waals surface area contributed by atoms with Crippen molar-refractivity contribution >= 4 is 11.9 Å². The summed E-state index contributed by atoms with van der Waals surface area (Å²) >= 11 is 0. The molecular formula is C15H26N2O3. The maximum atomic E-state index is 12.4. The number of carbonyl (C=O) groups is 2. The third-order valence-electron chi connectivity index (χ3n) is 4.89. The Hall–Kier alpha value is -1.10. The van der Waals surface area contributed by atoms with E-state index in [-0.39, 0.29) is 17.9 Å². The molecule has 0 aromatic carbocycles. The molecule has 4 N–H and O–H groups in total. The van der Waals surface area contributed by atoms with E-state index in [1.54, 1.807) is 0 Å². The summed E-state index contributed by atoms with van der Waals surface area (Å²) < 4.78 is 0. The number of hydrogen-bond donors (Lipinski definition) is 3. The molecule has 2 fully saturated rings. The Kier molecular flexibility index (Phi) is 5.02. The largest absolute Gasteiger partial charge is 0.480 e. The topological polar surface area (TPSA) is 92.4 Å². The summed E-state index contributed by atoms with van der Waals surface area (Å²) in [5, 5.41) is 12.4. The van der Waals surface area contributed by atoms with E-state index in [0.29, 0.717) is 12.8 Å². The van der Waals surface area contributed by atoms with Crippen molar-refractivity contribution in [3.05, 3.63) is 0 Å². The van der Waals surface area contributed by atoms with Crippen LogP contribution in [0.1, 0.15) is 64.2 Å². The van der Waals surface area contributed by atoms with Gasteiger partial charge in [-0.2, -0.15) is 0 Å². The fraction of sp³-hybridized carbons (Fsp3) is 0.867. The predicted molar refractivity (Wildman–Crippen MR) is 76.1 cm³/mol. The van der Waals surface area contributed by atoms with Gasteiger partial charge in [0.2, 0.25) is 5.91 Å². The first-order valence-corrected chi connectivity index (χ1v) is 7.86. The number of amides is 1. The number of carbonyl (C=O) groups excluding carboxylic acids is 1. The van der Waals surface area contributed by atoms with Crippen molar-refractivity contribution in [2.24, 2.45) is 11.7 Å². The molecule has 0 saturated heterocycles. The van der Waals surface area contributed by atoms with Gasteiger partial charge >= 0.3 is 5.97 Å². The van der Waals surface area contributed by atoms with E-state index < -0.39 is 11.5 Å². The van der Waals surface area contributed by atoms with Gasteiger partial charge in [0.15, 0.2) is 0 Å². The second-order valence-corrected chi connectivity index (χ2v) is 6.35. The molecule has 5 heteroatoms. The van der Waals surface area contributed by atoms with Crippen molar-refractivity contribution in [2.75, 3.05) is 0 Å². The second kappa shape index (κ2) is 6.57. The first-order valence-electron chi connectivity index (χ1n) is 7.86. The molecule has 2 aliphatic carbocycles. The van der Waals surface area contributed by atoms with Crippen molar-refractivity contribution in [3.8, 4) is 0 Å². The summed E-state index contributed by atoms with van der Waals surface area (Å²) in [6.45, 7) is 0. The number of aliphatic carboxylic acids is 1. The summed E-state index contributed by atoms with van der Waals surface area (Å²) in [5.74, 6) is -1.26. The maximum Gasteiger partial charge on any atom is 0.329 e. The molecule has 2 saturated carbocycles. The Morgan fingerprint density at radius 1 is 1.00 bits per heavy atom. The summed E-state index contributed by atoms with van der Waals surface area (Å²) in [4.78, 5) is 24.1. The number of nitrogens with one attached hydrogen (secondary N) is 1. The summed E-state index contributed by atoms with van der Waals surface area (Å²) in [6, 6.07) is -0.125. The minimum atomic E-state index is -1.06. The molecule has 0 aromatic heterocycles. The first-order chi connectivity index (χ1) is 9.55. The smallest absolute Gasteiger partial charge is 0.329 e. The predicted octanol–water partition coefficient (Wildman–Crippen LogP) is 1.80. The molecule has 0 heterocycles. The molecule has 2 aliphatic rings. The molecule has 1 amide bonds. The molecule has 20 heavy (non-hydrogen) atoms. The van der Waals surface area contributed by atoms with Gasteiger partial charge in [-0.1, -0.05) is 38.5 Å². The van der Waals surface area contributed by atoms with Crippen LogP contribution in [0, 0.1) is 5.92 Å². The van der Waals surface area contributed by atoms with Crippen LogP contribution in [0.5, 0.6) is 0 Å². The Morgan fingerprint density at radius 3 is 2.15 bits per heavy atom. The standard InChI is InChI=1S/C15H26N2O3/c16-12-8-4-3-7-11(12)13(18)17-15(14(19)20)9-5-1-2-6-10-15/h11-12H,1-10,16H2,(H,17,18)(H,19,20).